The van der Waals surface area contributed by atoms with Gasteiger partial charge in [0.05, 0.1) is 30.5 Å². The molecule has 7 nitrogen and oxygen atoms in total. The van der Waals surface area contributed by atoms with E-state index in [1.807, 2.05) is 28.9 Å². The van der Waals surface area contributed by atoms with Gasteiger partial charge in [0, 0.05) is 37.6 Å². The van der Waals surface area contributed by atoms with E-state index in [-0.39, 0.29) is 11.6 Å². The molecule has 1 aliphatic carbocycles. The van der Waals surface area contributed by atoms with Crippen molar-refractivity contribution in [2.45, 2.75) is 44.2 Å². The molecule has 152 valence electrons. The van der Waals surface area contributed by atoms with Crippen LogP contribution in [0.2, 0.25) is 5.02 Å². The lowest BCUT2D eigenvalue weighted by molar-refractivity contribution is -0.0357. The number of rotatable bonds is 5. The molecule has 3 heterocycles. The number of ether oxygens (including phenoxy) is 1. The predicted octanol–water partition coefficient (Wildman–Crippen LogP) is 2.82. The molecule has 4 rings (SSSR count). The summed E-state index contributed by atoms with van der Waals surface area (Å²) in [5.41, 5.74) is 1.69. The molecule has 0 atom stereocenters. The fraction of sp³-hybridized carbons (Fsp3) is 0.600. The van der Waals surface area contributed by atoms with Gasteiger partial charge in [-0.15, -0.1) is 0 Å². The molecule has 2 amide bonds. The van der Waals surface area contributed by atoms with Crippen LogP contribution in [0.3, 0.4) is 0 Å². The van der Waals surface area contributed by atoms with E-state index < -0.39 is 0 Å². The van der Waals surface area contributed by atoms with Gasteiger partial charge >= 0.3 is 6.03 Å². The van der Waals surface area contributed by atoms with Gasteiger partial charge in [-0.3, -0.25) is 4.90 Å². The highest BCUT2D eigenvalue weighted by Gasteiger charge is 2.38. The van der Waals surface area contributed by atoms with Crippen LogP contribution < -0.4 is 10.6 Å². The molecule has 0 unspecified atom stereocenters. The lowest BCUT2D eigenvalue weighted by Crippen LogP contribution is -2.60. The second-order valence-electron chi connectivity index (χ2n) is 7.77. The first-order valence-corrected chi connectivity index (χ1v) is 10.5. The number of halogens is 1. The predicted molar refractivity (Wildman–Crippen MR) is 109 cm³/mol. The quantitative estimate of drug-likeness (QED) is 0.802. The van der Waals surface area contributed by atoms with Gasteiger partial charge in [-0.25, -0.2) is 9.78 Å². The SMILES string of the molecule is O=C(NCc1cn2cc(Cl)ccc2n1)NCC1(N2CCOCC2)CCCCC1. The lowest BCUT2D eigenvalue weighted by atomic mass is 9.80. The molecular formula is C20H28ClN5O2. The van der Waals surface area contributed by atoms with Gasteiger partial charge in [0.2, 0.25) is 0 Å². The summed E-state index contributed by atoms with van der Waals surface area (Å²) in [6, 6.07) is 3.53. The molecule has 0 aromatic carbocycles. The van der Waals surface area contributed by atoms with Crippen LogP contribution >= 0.6 is 11.6 Å². The molecule has 2 aliphatic rings. The Bertz CT molecular complexity index is 812. The second-order valence-corrected chi connectivity index (χ2v) is 8.20. The van der Waals surface area contributed by atoms with E-state index in [9.17, 15) is 4.79 Å². The molecular weight excluding hydrogens is 378 g/mol. The van der Waals surface area contributed by atoms with Crippen molar-refractivity contribution in [1.29, 1.82) is 0 Å². The molecule has 2 fully saturated rings. The second kappa shape index (κ2) is 8.68. The third-order valence-electron chi connectivity index (χ3n) is 5.94. The van der Waals surface area contributed by atoms with Crippen molar-refractivity contribution in [3.8, 4) is 0 Å². The molecule has 8 heteroatoms. The summed E-state index contributed by atoms with van der Waals surface area (Å²) < 4.78 is 7.39. The van der Waals surface area contributed by atoms with Gasteiger partial charge < -0.3 is 19.8 Å². The minimum atomic E-state index is -0.145. The smallest absolute Gasteiger partial charge is 0.315 e. The Balaban J connectivity index is 1.32. The number of nitrogens with one attached hydrogen (secondary N) is 2. The van der Waals surface area contributed by atoms with Crippen LogP contribution in [0.5, 0.6) is 0 Å². The van der Waals surface area contributed by atoms with Crippen molar-refractivity contribution in [2.24, 2.45) is 0 Å². The number of imidazole rings is 1. The highest BCUT2D eigenvalue weighted by Crippen LogP contribution is 2.33. The zero-order chi connectivity index (χ0) is 19.4. The number of hydrogen-bond donors (Lipinski definition) is 2. The first-order chi connectivity index (χ1) is 13.6. The minimum Gasteiger partial charge on any atom is -0.379 e. The molecule has 2 aromatic heterocycles. The molecule has 0 spiro atoms. The van der Waals surface area contributed by atoms with Gasteiger partial charge in [0.25, 0.3) is 0 Å². The zero-order valence-electron chi connectivity index (χ0n) is 16.1. The Morgan fingerprint density at radius 1 is 1.14 bits per heavy atom. The molecule has 1 saturated carbocycles. The number of amides is 2. The van der Waals surface area contributed by atoms with Crippen LogP contribution in [0.15, 0.2) is 24.5 Å². The monoisotopic (exact) mass is 405 g/mol. The summed E-state index contributed by atoms with van der Waals surface area (Å²) in [7, 11) is 0. The maximum Gasteiger partial charge on any atom is 0.315 e. The molecule has 28 heavy (non-hydrogen) atoms. The Kier molecular flexibility index (Phi) is 6.04. The van der Waals surface area contributed by atoms with Crippen molar-refractivity contribution in [1.82, 2.24) is 24.9 Å². The van der Waals surface area contributed by atoms with Gasteiger partial charge in [-0.1, -0.05) is 30.9 Å². The average Bonchev–Trinajstić information content (AvgIpc) is 3.14. The summed E-state index contributed by atoms with van der Waals surface area (Å²) in [5.74, 6) is 0. The van der Waals surface area contributed by atoms with E-state index in [4.69, 9.17) is 16.3 Å². The lowest BCUT2D eigenvalue weighted by Gasteiger charge is -2.48. The third-order valence-corrected chi connectivity index (χ3v) is 6.16. The number of aromatic nitrogens is 2. The number of carbonyl (C=O) groups excluding carboxylic acids is 1. The van der Waals surface area contributed by atoms with Crippen LogP contribution in [0, 0.1) is 0 Å². The Labute approximate surface area is 170 Å². The van der Waals surface area contributed by atoms with Crippen LogP contribution in [-0.4, -0.2) is 58.7 Å². The number of urea groups is 1. The standard InChI is InChI=1S/C20H28ClN5O2/c21-16-4-5-18-24-17(14-25(18)13-16)12-22-19(27)23-15-20(6-2-1-3-7-20)26-8-10-28-11-9-26/h4-5,13-14H,1-3,6-12,15H2,(H2,22,23,27). The molecule has 0 bridgehead atoms. The normalized spacial score (nSPS) is 20.2. The van der Waals surface area contributed by atoms with E-state index in [2.05, 4.69) is 20.5 Å². The molecule has 1 saturated heterocycles. The number of carbonyl (C=O) groups is 1. The van der Waals surface area contributed by atoms with E-state index in [0.717, 1.165) is 50.5 Å². The molecule has 0 radical (unpaired) electrons. The first-order valence-electron chi connectivity index (χ1n) is 10.1. The van der Waals surface area contributed by atoms with E-state index in [1.165, 1.54) is 19.3 Å². The number of fused-ring (bicyclic) bond motifs is 1. The third kappa shape index (κ3) is 4.42. The van der Waals surface area contributed by atoms with E-state index >= 15 is 0 Å². The first kappa shape index (κ1) is 19.5. The maximum absolute atomic E-state index is 12.4. The summed E-state index contributed by atoms with van der Waals surface area (Å²) in [4.78, 5) is 19.5. The van der Waals surface area contributed by atoms with Crippen LogP contribution in [0.1, 0.15) is 37.8 Å². The fourth-order valence-electron chi connectivity index (χ4n) is 4.43. The van der Waals surface area contributed by atoms with Crippen molar-refractivity contribution >= 4 is 23.3 Å². The topological polar surface area (TPSA) is 70.9 Å². The Morgan fingerprint density at radius 3 is 2.71 bits per heavy atom. The largest absolute Gasteiger partial charge is 0.379 e. The number of nitrogens with zero attached hydrogens (tertiary/aromatic N) is 3. The highest BCUT2D eigenvalue weighted by molar-refractivity contribution is 6.30. The van der Waals surface area contributed by atoms with Gasteiger partial charge in [-0.05, 0) is 25.0 Å². The van der Waals surface area contributed by atoms with Crippen LogP contribution in [0.25, 0.3) is 5.65 Å². The van der Waals surface area contributed by atoms with E-state index in [0.29, 0.717) is 18.1 Å². The van der Waals surface area contributed by atoms with Crippen molar-refractivity contribution in [2.75, 3.05) is 32.8 Å². The number of morpholine rings is 1. The van der Waals surface area contributed by atoms with E-state index in [1.54, 1.807) is 0 Å². The highest BCUT2D eigenvalue weighted by atomic mass is 35.5. The van der Waals surface area contributed by atoms with Crippen LogP contribution in [-0.2, 0) is 11.3 Å². The summed E-state index contributed by atoms with van der Waals surface area (Å²) in [6.07, 6.45) is 9.71. The summed E-state index contributed by atoms with van der Waals surface area (Å²) in [5, 5.41) is 6.70. The minimum absolute atomic E-state index is 0.0687. The van der Waals surface area contributed by atoms with Crippen molar-refractivity contribution in [3.63, 3.8) is 0 Å². The summed E-state index contributed by atoms with van der Waals surface area (Å²) >= 11 is 6.01. The Hall–Kier alpha value is -1.83. The van der Waals surface area contributed by atoms with Crippen LogP contribution in [0.4, 0.5) is 4.79 Å². The maximum atomic E-state index is 12.4. The Morgan fingerprint density at radius 2 is 1.93 bits per heavy atom. The molecule has 2 aromatic rings. The number of pyridine rings is 1. The van der Waals surface area contributed by atoms with Gasteiger partial charge in [0.1, 0.15) is 5.65 Å². The number of hydrogen-bond acceptors (Lipinski definition) is 4. The fourth-order valence-corrected chi connectivity index (χ4v) is 4.60. The van der Waals surface area contributed by atoms with Crippen molar-refractivity contribution in [3.05, 3.63) is 35.2 Å². The van der Waals surface area contributed by atoms with Gasteiger partial charge in [-0.2, -0.15) is 0 Å². The van der Waals surface area contributed by atoms with Gasteiger partial charge in [0.15, 0.2) is 0 Å². The zero-order valence-corrected chi connectivity index (χ0v) is 16.9. The molecule has 2 N–H and O–H groups in total. The van der Waals surface area contributed by atoms with Crippen molar-refractivity contribution < 1.29 is 9.53 Å². The molecule has 1 aliphatic heterocycles. The average molecular weight is 406 g/mol. The summed E-state index contributed by atoms with van der Waals surface area (Å²) in [6.45, 7) is 4.53.